The fourth-order valence-corrected chi connectivity index (χ4v) is 1.82. The molecule has 0 saturated carbocycles. The number of nitrogens with zero attached hydrogens (tertiary/aromatic N) is 3. The molecule has 5 nitrogen and oxygen atoms in total. The molecule has 2 N–H and O–H groups in total. The Balaban J connectivity index is 1.76. The summed E-state index contributed by atoms with van der Waals surface area (Å²) in [5, 5.41) is 15.5. The van der Waals surface area contributed by atoms with Crippen LogP contribution in [0.25, 0.3) is 10.9 Å². The van der Waals surface area contributed by atoms with E-state index in [0.29, 0.717) is 0 Å². The van der Waals surface area contributed by atoms with Crippen LogP contribution >= 0.6 is 0 Å². The van der Waals surface area contributed by atoms with Gasteiger partial charge in [0.2, 0.25) is 0 Å². The quantitative estimate of drug-likeness (QED) is 0.718. The SMILES string of the molecule is Cn1cc(CNc2ccc3[nH]ncc3c2)cn1. The number of rotatable bonds is 3. The van der Waals surface area contributed by atoms with E-state index in [0.717, 1.165) is 23.1 Å². The Bertz CT molecular complexity index is 637. The van der Waals surface area contributed by atoms with Gasteiger partial charge in [-0.1, -0.05) is 0 Å². The molecular formula is C12H13N5. The average Bonchev–Trinajstić information content (AvgIpc) is 2.94. The molecule has 0 aliphatic carbocycles. The van der Waals surface area contributed by atoms with E-state index >= 15 is 0 Å². The summed E-state index contributed by atoms with van der Waals surface area (Å²) in [6, 6.07) is 6.14. The van der Waals surface area contributed by atoms with Crippen LogP contribution in [0, 0.1) is 0 Å². The molecule has 0 aliphatic rings. The lowest BCUT2D eigenvalue weighted by Gasteiger charge is -2.04. The zero-order valence-corrected chi connectivity index (χ0v) is 9.51. The Kier molecular flexibility index (Phi) is 2.29. The lowest BCUT2D eigenvalue weighted by molar-refractivity contribution is 0.767. The van der Waals surface area contributed by atoms with Gasteiger partial charge in [0.05, 0.1) is 17.9 Å². The minimum atomic E-state index is 0.775. The molecule has 0 fully saturated rings. The fraction of sp³-hybridized carbons (Fsp3) is 0.167. The van der Waals surface area contributed by atoms with Gasteiger partial charge >= 0.3 is 0 Å². The number of hydrogen-bond donors (Lipinski definition) is 2. The summed E-state index contributed by atoms with van der Waals surface area (Å²) in [4.78, 5) is 0. The first-order chi connectivity index (χ1) is 8.31. The van der Waals surface area contributed by atoms with Crippen molar-refractivity contribution >= 4 is 16.6 Å². The number of aryl methyl sites for hydroxylation is 1. The van der Waals surface area contributed by atoms with E-state index in [4.69, 9.17) is 0 Å². The molecule has 0 radical (unpaired) electrons. The standard InChI is InChI=1S/C12H13N5/c1-17-8-9(6-15-17)5-13-11-2-3-12-10(4-11)7-14-16-12/h2-4,6-8,13H,5H2,1H3,(H,14,16). The average molecular weight is 227 g/mol. The number of aromatic nitrogens is 4. The summed E-state index contributed by atoms with van der Waals surface area (Å²) in [5.41, 5.74) is 3.31. The zero-order chi connectivity index (χ0) is 11.7. The van der Waals surface area contributed by atoms with Crippen LogP contribution < -0.4 is 5.32 Å². The van der Waals surface area contributed by atoms with Crippen molar-refractivity contribution in [2.45, 2.75) is 6.54 Å². The van der Waals surface area contributed by atoms with E-state index in [9.17, 15) is 0 Å². The third-order valence-electron chi connectivity index (χ3n) is 2.70. The molecule has 5 heteroatoms. The molecule has 1 aromatic carbocycles. The number of hydrogen-bond acceptors (Lipinski definition) is 3. The number of benzene rings is 1. The van der Waals surface area contributed by atoms with E-state index in [1.54, 1.807) is 4.68 Å². The van der Waals surface area contributed by atoms with Crippen molar-refractivity contribution in [3.05, 3.63) is 42.4 Å². The number of H-pyrrole nitrogens is 1. The Morgan fingerprint density at radius 2 is 2.29 bits per heavy atom. The maximum atomic E-state index is 4.13. The van der Waals surface area contributed by atoms with Crippen LogP contribution in [0.1, 0.15) is 5.56 Å². The van der Waals surface area contributed by atoms with Crippen LogP contribution in [0.2, 0.25) is 0 Å². The Morgan fingerprint density at radius 1 is 1.35 bits per heavy atom. The molecule has 0 bridgehead atoms. The molecule has 0 amide bonds. The predicted molar refractivity (Wildman–Crippen MR) is 66.6 cm³/mol. The van der Waals surface area contributed by atoms with Gasteiger partial charge in [0.25, 0.3) is 0 Å². The highest BCUT2D eigenvalue weighted by Gasteiger charge is 1.99. The van der Waals surface area contributed by atoms with Crippen LogP contribution in [-0.4, -0.2) is 20.0 Å². The number of nitrogens with one attached hydrogen (secondary N) is 2. The molecule has 2 aromatic heterocycles. The molecule has 0 saturated heterocycles. The van der Waals surface area contributed by atoms with Crippen LogP contribution in [0.5, 0.6) is 0 Å². The van der Waals surface area contributed by atoms with Gasteiger partial charge in [-0.2, -0.15) is 10.2 Å². The van der Waals surface area contributed by atoms with Crippen molar-refractivity contribution in [3.8, 4) is 0 Å². The highest BCUT2D eigenvalue weighted by Crippen LogP contribution is 2.17. The van der Waals surface area contributed by atoms with Gasteiger partial charge in [0.15, 0.2) is 0 Å². The minimum absolute atomic E-state index is 0.775. The first-order valence-corrected chi connectivity index (χ1v) is 5.46. The van der Waals surface area contributed by atoms with Crippen molar-refractivity contribution in [2.75, 3.05) is 5.32 Å². The van der Waals surface area contributed by atoms with E-state index in [1.807, 2.05) is 37.8 Å². The summed E-state index contributed by atoms with van der Waals surface area (Å²) in [6.07, 6.45) is 5.69. The summed E-state index contributed by atoms with van der Waals surface area (Å²) >= 11 is 0. The Hall–Kier alpha value is -2.30. The highest BCUT2D eigenvalue weighted by atomic mass is 15.2. The molecule has 86 valence electrons. The normalized spacial score (nSPS) is 10.9. The number of aromatic amines is 1. The van der Waals surface area contributed by atoms with Gasteiger partial charge in [-0.3, -0.25) is 9.78 Å². The Morgan fingerprint density at radius 3 is 3.12 bits per heavy atom. The van der Waals surface area contributed by atoms with E-state index in [-0.39, 0.29) is 0 Å². The van der Waals surface area contributed by atoms with E-state index in [1.165, 1.54) is 5.56 Å². The van der Waals surface area contributed by atoms with Gasteiger partial charge < -0.3 is 5.32 Å². The smallest absolute Gasteiger partial charge is 0.0651 e. The van der Waals surface area contributed by atoms with Gasteiger partial charge in [0, 0.05) is 36.4 Å². The third kappa shape index (κ3) is 1.99. The van der Waals surface area contributed by atoms with Crippen molar-refractivity contribution in [3.63, 3.8) is 0 Å². The molecule has 3 rings (SSSR count). The topological polar surface area (TPSA) is 58.5 Å². The lowest BCUT2D eigenvalue weighted by Crippen LogP contribution is -1.97. The fourth-order valence-electron chi connectivity index (χ4n) is 1.82. The highest BCUT2D eigenvalue weighted by molar-refractivity contribution is 5.81. The Labute approximate surface area is 98.5 Å². The molecule has 0 atom stereocenters. The first-order valence-electron chi connectivity index (χ1n) is 5.46. The van der Waals surface area contributed by atoms with Crippen molar-refractivity contribution in [1.29, 1.82) is 0 Å². The van der Waals surface area contributed by atoms with Crippen LogP contribution in [0.4, 0.5) is 5.69 Å². The van der Waals surface area contributed by atoms with E-state index < -0.39 is 0 Å². The predicted octanol–water partition coefficient (Wildman–Crippen LogP) is 1.91. The maximum Gasteiger partial charge on any atom is 0.0651 e. The van der Waals surface area contributed by atoms with Gasteiger partial charge in [-0.15, -0.1) is 0 Å². The molecule has 0 spiro atoms. The summed E-state index contributed by atoms with van der Waals surface area (Å²) in [7, 11) is 1.92. The van der Waals surface area contributed by atoms with Crippen LogP contribution in [-0.2, 0) is 13.6 Å². The first kappa shape index (κ1) is 9.89. The molecular weight excluding hydrogens is 214 g/mol. The van der Waals surface area contributed by atoms with Gasteiger partial charge in [0.1, 0.15) is 0 Å². The second kappa shape index (κ2) is 3.93. The summed E-state index contributed by atoms with van der Waals surface area (Å²) < 4.78 is 1.80. The van der Waals surface area contributed by atoms with Crippen molar-refractivity contribution in [1.82, 2.24) is 20.0 Å². The summed E-state index contributed by atoms with van der Waals surface area (Å²) in [6.45, 7) is 0.775. The lowest BCUT2D eigenvalue weighted by atomic mass is 10.2. The molecule has 17 heavy (non-hydrogen) atoms. The van der Waals surface area contributed by atoms with Crippen molar-refractivity contribution in [2.24, 2.45) is 7.05 Å². The maximum absolute atomic E-state index is 4.13. The second-order valence-corrected chi connectivity index (χ2v) is 4.05. The molecule has 3 aromatic rings. The molecule has 2 heterocycles. The summed E-state index contributed by atoms with van der Waals surface area (Å²) in [5.74, 6) is 0. The monoisotopic (exact) mass is 227 g/mol. The van der Waals surface area contributed by atoms with Crippen molar-refractivity contribution < 1.29 is 0 Å². The van der Waals surface area contributed by atoms with Gasteiger partial charge in [-0.25, -0.2) is 0 Å². The zero-order valence-electron chi connectivity index (χ0n) is 9.51. The van der Waals surface area contributed by atoms with Crippen LogP contribution in [0.15, 0.2) is 36.8 Å². The van der Waals surface area contributed by atoms with Gasteiger partial charge in [-0.05, 0) is 18.2 Å². The van der Waals surface area contributed by atoms with E-state index in [2.05, 4.69) is 26.7 Å². The number of fused-ring (bicyclic) bond motifs is 1. The molecule has 0 unspecified atom stereocenters. The molecule has 0 aliphatic heterocycles. The minimum Gasteiger partial charge on any atom is -0.381 e. The van der Waals surface area contributed by atoms with Crippen LogP contribution in [0.3, 0.4) is 0 Å². The second-order valence-electron chi connectivity index (χ2n) is 4.05. The third-order valence-corrected chi connectivity index (χ3v) is 2.70. The number of anilines is 1. The largest absolute Gasteiger partial charge is 0.381 e.